The number of rotatable bonds is 6. The summed E-state index contributed by atoms with van der Waals surface area (Å²) in [5, 5.41) is 0. The molecule has 2 aromatic rings. The Morgan fingerprint density at radius 2 is 2.05 bits per heavy atom. The van der Waals surface area contributed by atoms with Crippen LogP contribution < -0.4 is 10.2 Å². The van der Waals surface area contributed by atoms with E-state index in [9.17, 15) is 17.3 Å². The van der Waals surface area contributed by atoms with Gasteiger partial charge in [-0.1, -0.05) is 6.07 Å². The maximum atomic E-state index is 13.4. The molecule has 0 aliphatic heterocycles. The number of benzene rings is 1. The van der Waals surface area contributed by atoms with E-state index in [4.69, 9.17) is 4.74 Å². The van der Waals surface area contributed by atoms with Gasteiger partial charge in [0, 0.05) is 18.9 Å². The van der Waals surface area contributed by atoms with Crippen LogP contribution in [0, 0.1) is 5.82 Å². The molecule has 0 fully saturated rings. The van der Waals surface area contributed by atoms with Crippen molar-refractivity contribution in [1.82, 2.24) is 9.55 Å². The Balaban J connectivity index is 1.91. The molecule has 0 atom stereocenters. The Bertz CT molecular complexity index is 557. The van der Waals surface area contributed by atoms with E-state index >= 15 is 0 Å². The van der Waals surface area contributed by atoms with Crippen molar-refractivity contribution in [2.75, 3.05) is 6.61 Å². The topological polar surface area (TPSA) is 27.1 Å². The third-order valence-electron chi connectivity index (χ3n) is 2.71. The van der Waals surface area contributed by atoms with Crippen molar-refractivity contribution in [1.29, 1.82) is 0 Å². The molecule has 0 amide bonds. The first-order chi connectivity index (χ1) is 9.47. The Kier molecular flexibility index (Phi) is 4.31. The summed E-state index contributed by atoms with van der Waals surface area (Å²) >= 11 is 0. The molecule has 1 aromatic heterocycles. The Morgan fingerprint density at radius 3 is 2.70 bits per heavy atom. The molecule has 0 spiro atoms. The fourth-order valence-electron chi connectivity index (χ4n) is 1.68. The summed E-state index contributed by atoms with van der Waals surface area (Å²) in [5.74, 6) is -1.16. The summed E-state index contributed by atoms with van der Waals surface area (Å²) in [7, 11) is 0. The van der Waals surface area contributed by atoms with E-state index in [1.54, 1.807) is 23.3 Å². The van der Waals surface area contributed by atoms with Crippen molar-refractivity contribution in [2.24, 2.45) is 0 Å². The van der Waals surface area contributed by atoms with Gasteiger partial charge in [-0.05, 0) is 18.6 Å². The summed E-state index contributed by atoms with van der Waals surface area (Å²) in [6.07, 6.45) is 5.54. The molecule has 0 aliphatic carbocycles. The van der Waals surface area contributed by atoms with Gasteiger partial charge < -0.3 is 22.3 Å². The molecule has 8 heteroatoms. The molecule has 0 bridgehead atoms. The van der Waals surface area contributed by atoms with Gasteiger partial charge in [-0.2, -0.15) is 0 Å². The van der Waals surface area contributed by atoms with Crippen molar-refractivity contribution < 1.29 is 22.1 Å². The summed E-state index contributed by atoms with van der Waals surface area (Å²) in [5.41, 5.74) is -0.865. The molecule has 0 aliphatic rings. The Hall–Kier alpha value is -1.99. The van der Waals surface area contributed by atoms with Gasteiger partial charge in [-0.15, -0.1) is 5.46 Å². The van der Waals surface area contributed by atoms with Gasteiger partial charge in [0.2, 0.25) is 0 Å². The molecule has 0 N–H and O–H groups in total. The highest BCUT2D eigenvalue weighted by molar-refractivity contribution is 6.73. The van der Waals surface area contributed by atoms with Gasteiger partial charge in [-0.25, -0.2) is 9.37 Å². The van der Waals surface area contributed by atoms with Crippen LogP contribution >= 0.6 is 0 Å². The molecular formula is C12H12BF4N2O-. The molecule has 1 heterocycles. The zero-order chi connectivity index (χ0) is 14.6. The van der Waals surface area contributed by atoms with Gasteiger partial charge in [-0.3, -0.25) is 0 Å². The smallest absolute Gasteiger partial charge is 0.491 e. The van der Waals surface area contributed by atoms with E-state index in [0.717, 1.165) is 6.07 Å². The first kappa shape index (κ1) is 14.4. The number of aromatic nitrogens is 2. The van der Waals surface area contributed by atoms with Crippen LogP contribution in [-0.2, 0) is 6.54 Å². The molecule has 1 aromatic carbocycles. The van der Waals surface area contributed by atoms with Crippen molar-refractivity contribution >= 4 is 12.4 Å². The second kappa shape index (κ2) is 5.98. The molecule has 0 saturated carbocycles. The van der Waals surface area contributed by atoms with Crippen LogP contribution in [0.5, 0.6) is 5.75 Å². The predicted molar refractivity (Wildman–Crippen MR) is 67.5 cm³/mol. The minimum Gasteiger partial charge on any atom is -0.491 e. The largest absolute Gasteiger partial charge is 0.509 e. The van der Waals surface area contributed by atoms with Crippen molar-refractivity contribution in [2.45, 2.75) is 13.0 Å². The van der Waals surface area contributed by atoms with Crippen LogP contribution in [0.4, 0.5) is 17.3 Å². The molecule has 0 unspecified atom stereocenters. The average molecular weight is 287 g/mol. The highest BCUT2D eigenvalue weighted by Crippen LogP contribution is 2.18. The fourth-order valence-corrected chi connectivity index (χ4v) is 1.68. The van der Waals surface area contributed by atoms with Crippen molar-refractivity contribution in [3.63, 3.8) is 0 Å². The standard InChI is InChI=1S/C12H12BF4N2O/c14-11-3-2-10(13(15,16)17)8-12(11)20-7-1-5-19-6-4-18-9-19/h2-4,6,8-9H,1,5,7H2/q-1. The molecule has 3 nitrogen and oxygen atoms in total. The number of aryl methyl sites for hydroxylation is 1. The zero-order valence-corrected chi connectivity index (χ0v) is 10.5. The highest BCUT2D eigenvalue weighted by atomic mass is 19.4. The first-order valence-electron chi connectivity index (χ1n) is 6.05. The van der Waals surface area contributed by atoms with Crippen LogP contribution in [0.25, 0.3) is 0 Å². The van der Waals surface area contributed by atoms with E-state index in [1.165, 1.54) is 0 Å². The van der Waals surface area contributed by atoms with E-state index in [-0.39, 0.29) is 12.4 Å². The second-order valence-electron chi connectivity index (χ2n) is 4.27. The van der Waals surface area contributed by atoms with Crippen molar-refractivity contribution in [3.8, 4) is 5.75 Å². The van der Waals surface area contributed by atoms with E-state index in [2.05, 4.69) is 4.98 Å². The monoisotopic (exact) mass is 287 g/mol. The minimum atomic E-state index is -5.15. The second-order valence-corrected chi connectivity index (χ2v) is 4.27. The van der Waals surface area contributed by atoms with Crippen LogP contribution in [0.3, 0.4) is 0 Å². The summed E-state index contributed by atoms with van der Waals surface area (Å²) in [4.78, 5) is 3.85. The van der Waals surface area contributed by atoms with Crippen LogP contribution in [0.1, 0.15) is 6.42 Å². The number of imidazole rings is 1. The van der Waals surface area contributed by atoms with Gasteiger partial charge >= 0.3 is 6.98 Å². The lowest BCUT2D eigenvalue weighted by atomic mass is 9.80. The summed E-state index contributed by atoms with van der Waals surface area (Å²) < 4.78 is 57.9. The number of hydrogen-bond acceptors (Lipinski definition) is 2. The predicted octanol–water partition coefficient (Wildman–Crippen LogP) is 2.55. The quantitative estimate of drug-likeness (QED) is 0.464. The van der Waals surface area contributed by atoms with Gasteiger partial charge in [0.1, 0.15) is 0 Å². The molecule has 108 valence electrons. The zero-order valence-electron chi connectivity index (χ0n) is 10.5. The highest BCUT2D eigenvalue weighted by Gasteiger charge is 2.26. The van der Waals surface area contributed by atoms with E-state index in [0.29, 0.717) is 25.1 Å². The lowest BCUT2D eigenvalue weighted by Crippen LogP contribution is -2.34. The molecule has 0 saturated heterocycles. The van der Waals surface area contributed by atoms with Gasteiger partial charge in [0.25, 0.3) is 0 Å². The number of halogens is 4. The lowest BCUT2D eigenvalue weighted by molar-refractivity contribution is 0.288. The number of nitrogens with zero attached hydrogens (tertiary/aromatic N) is 2. The lowest BCUT2D eigenvalue weighted by Gasteiger charge is -2.16. The maximum absolute atomic E-state index is 13.4. The minimum absolute atomic E-state index is 0.128. The van der Waals surface area contributed by atoms with Crippen molar-refractivity contribution in [3.05, 3.63) is 42.7 Å². The van der Waals surface area contributed by atoms with Gasteiger partial charge in [0.05, 0.1) is 12.9 Å². The Morgan fingerprint density at radius 1 is 1.25 bits per heavy atom. The van der Waals surface area contributed by atoms with Crippen LogP contribution in [-0.4, -0.2) is 23.1 Å². The summed E-state index contributed by atoms with van der Waals surface area (Å²) in [6, 6.07) is 2.19. The third kappa shape index (κ3) is 3.75. The fraction of sp³-hybridized carbons (Fsp3) is 0.250. The van der Waals surface area contributed by atoms with Crippen LogP contribution in [0.2, 0.25) is 0 Å². The number of hydrogen-bond donors (Lipinski definition) is 0. The molecule has 20 heavy (non-hydrogen) atoms. The molecule has 2 rings (SSSR count). The van der Waals surface area contributed by atoms with Gasteiger partial charge in [0.15, 0.2) is 11.6 Å². The third-order valence-corrected chi connectivity index (χ3v) is 2.71. The normalized spacial score (nSPS) is 11.6. The number of ether oxygens (including phenoxy) is 1. The molecule has 0 radical (unpaired) electrons. The Labute approximate surface area is 113 Å². The maximum Gasteiger partial charge on any atom is 0.509 e. The average Bonchev–Trinajstić information content (AvgIpc) is 2.88. The van der Waals surface area contributed by atoms with E-state index < -0.39 is 18.3 Å². The summed E-state index contributed by atoms with van der Waals surface area (Å²) in [6.45, 7) is -4.42. The SMILES string of the molecule is Fc1ccc([B-](F)(F)F)cc1OCCCn1ccnc1. The van der Waals surface area contributed by atoms with E-state index in [1.807, 2.05) is 0 Å². The first-order valence-corrected chi connectivity index (χ1v) is 6.05. The van der Waals surface area contributed by atoms with Crippen LogP contribution in [0.15, 0.2) is 36.9 Å². The molecular weight excluding hydrogens is 275 g/mol.